The van der Waals surface area contributed by atoms with E-state index in [9.17, 15) is 9.18 Å². The predicted molar refractivity (Wildman–Crippen MR) is 70.4 cm³/mol. The van der Waals surface area contributed by atoms with E-state index < -0.39 is 0 Å². The highest BCUT2D eigenvalue weighted by atomic mass is 19.1. The molecular formula is C15H17FO3. The molecule has 0 N–H and O–H groups in total. The highest BCUT2D eigenvalue weighted by Crippen LogP contribution is 2.25. The van der Waals surface area contributed by atoms with E-state index in [1.165, 1.54) is 6.07 Å². The van der Waals surface area contributed by atoms with Gasteiger partial charge in [0.05, 0.1) is 12.9 Å². The standard InChI is InChI=1S/C15H17FO3/c16-14-8-5-7-13-12(10-19-15(13)14)6-3-1-2-4-9-18-11-17/h5,7-8,10-11H,1-4,6,9H2. The molecular weight excluding hydrogens is 247 g/mol. The van der Waals surface area contributed by atoms with Gasteiger partial charge in [0.1, 0.15) is 0 Å². The van der Waals surface area contributed by atoms with Crippen LogP contribution < -0.4 is 0 Å². The molecule has 2 rings (SSSR count). The zero-order valence-electron chi connectivity index (χ0n) is 10.7. The first kappa shape index (κ1) is 13.6. The number of rotatable bonds is 8. The van der Waals surface area contributed by atoms with Crippen LogP contribution in [0.2, 0.25) is 0 Å². The maximum absolute atomic E-state index is 13.4. The zero-order valence-corrected chi connectivity index (χ0v) is 10.7. The summed E-state index contributed by atoms with van der Waals surface area (Å²) in [5.74, 6) is -0.310. The van der Waals surface area contributed by atoms with E-state index in [0.717, 1.165) is 43.1 Å². The third kappa shape index (κ3) is 3.56. The first-order valence-corrected chi connectivity index (χ1v) is 6.53. The Morgan fingerprint density at radius 1 is 1.21 bits per heavy atom. The van der Waals surface area contributed by atoms with Crippen LogP contribution in [0.5, 0.6) is 0 Å². The zero-order chi connectivity index (χ0) is 13.5. The van der Waals surface area contributed by atoms with Crippen LogP contribution in [0, 0.1) is 5.82 Å². The Morgan fingerprint density at radius 3 is 2.89 bits per heavy atom. The Kier molecular flexibility index (Phi) is 4.95. The molecule has 0 amide bonds. The number of hydrogen-bond donors (Lipinski definition) is 0. The maximum Gasteiger partial charge on any atom is 0.293 e. The van der Waals surface area contributed by atoms with Gasteiger partial charge < -0.3 is 9.15 Å². The van der Waals surface area contributed by atoms with E-state index in [1.807, 2.05) is 6.07 Å². The van der Waals surface area contributed by atoms with Gasteiger partial charge in [-0.1, -0.05) is 25.0 Å². The second kappa shape index (κ2) is 6.92. The summed E-state index contributed by atoms with van der Waals surface area (Å²) in [4.78, 5) is 9.94. The minimum absolute atomic E-state index is 0.310. The van der Waals surface area contributed by atoms with Gasteiger partial charge in [0.15, 0.2) is 11.4 Å². The van der Waals surface area contributed by atoms with Crippen LogP contribution >= 0.6 is 0 Å². The highest BCUT2D eigenvalue weighted by Gasteiger charge is 2.08. The molecule has 0 fully saturated rings. The first-order valence-electron chi connectivity index (χ1n) is 6.53. The van der Waals surface area contributed by atoms with Crippen molar-refractivity contribution in [3.05, 3.63) is 35.8 Å². The van der Waals surface area contributed by atoms with Crippen LogP contribution in [-0.4, -0.2) is 13.1 Å². The van der Waals surface area contributed by atoms with Crippen LogP contribution in [0.3, 0.4) is 0 Å². The molecule has 0 atom stereocenters. The lowest BCUT2D eigenvalue weighted by Gasteiger charge is -2.00. The number of furan rings is 1. The SMILES string of the molecule is O=COCCCCCCc1coc2c(F)cccc12. The Labute approximate surface area is 111 Å². The molecule has 102 valence electrons. The molecule has 4 heteroatoms. The average molecular weight is 264 g/mol. The van der Waals surface area contributed by atoms with Crippen LogP contribution in [0.25, 0.3) is 11.0 Å². The van der Waals surface area contributed by atoms with Gasteiger partial charge in [-0.3, -0.25) is 4.79 Å². The largest absolute Gasteiger partial charge is 0.468 e. The second-order valence-corrected chi connectivity index (χ2v) is 4.51. The van der Waals surface area contributed by atoms with Crippen molar-refractivity contribution in [2.45, 2.75) is 32.1 Å². The molecule has 0 aliphatic heterocycles. The Balaban J connectivity index is 1.79. The number of halogens is 1. The molecule has 0 bridgehead atoms. The van der Waals surface area contributed by atoms with Crippen LogP contribution in [-0.2, 0) is 16.0 Å². The summed E-state index contributed by atoms with van der Waals surface area (Å²) < 4.78 is 23.3. The summed E-state index contributed by atoms with van der Waals surface area (Å²) in [6.45, 7) is 0.968. The average Bonchev–Trinajstić information content (AvgIpc) is 2.83. The van der Waals surface area contributed by atoms with E-state index in [-0.39, 0.29) is 5.82 Å². The van der Waals surface area contributed by atoms with Crippen molar-refractivity contribution in [1.29, 1.82) is 0 Å². The molecule has 0 saturated heterocycles. The summed E-state index contributed by atoms with van der Waals surface area (Å²) in [6, 6.07) is 4.99. The minimum atomic E-state index is -0.310. The summed E-state index contributed by atoms with van der Waals surface area (Å²) in [5.41, 5.74) is 1.40. The van der Waals surface area contributed by atoms with Crippen molar-refractivity contribution in [2.75, 3.05) is 6.61 Å². The van der Waals surface area contributed by atoms with Crippen LogP contribution in [0.15, 0.2) is 28.9 Å². The second-order valence-electron chi connectivity index (χ2n) is 4.51. The van der Waals surface area contributed by atoms with Gasteiger partial charge in [-0.2, -0.15) is 0 Å². The summed E-state index contributed by atoms with van der Waals surface area (Å²) in [7, 11) is 0. The van der Waals surface area contributed by atoms with Crippen LogP contribution in [0.4, 0.5) is 4.39 Å². The molecule has 19 heavy (non-hydrogen) atoms. The monoisotopic (exact) mass is 264 g/mol. The lowest BCUT2D eigenvalue weighted by Crippen LogP contribution is -1.92. The van der Waals surface area contributed by atoms with E-state index >= 15 is 0 Å². The number of fused-ring (bicyclic) bond motifs is 1. The Morgan fingerprint density at radius 2 is 2.05 bits per heavy atom. The first-order chi connectivity index (χ1) is 9.33. The molecule has 2 aromatic rings. The smallest absolute Gasteiger partial charge is 0.293 e. The molecule has 0 aliphatic rings. The number of carbonyl (C=O) groups is 1. The topological polar surface area (TPSA) is 39.4 Å². The van der Waals surface area contributed by atoms with Crippen molar-refractivity contribution < 1.29 is 18.3 Å². The van der Waals surface area contributed by atoms with Gasteiger partial charge >= 0.3 is 0 Å². The van der Waals surface area contributed by atoms with Gasteiger partial charge in [-0.15, -0.1) is 0 Å². The molecule has 0 spiro atoms. The van der Waals surface area contributed by atoms with E-state index in [0.29, 0.717) is 18.7 Å². The molecule has 3 nitrogen and oxygen atoms in total. The fourth-order valence-electron chi connectivity index (χ4n) is 2.17. The number of benzene rings is 1. The molecule has 0 radical (unpaired) electrons. The third-order valence-corrected chi connectivity index (χ3v) is 3.16. The van der Waals surface area contributed by atoms with Crippen molar-refractivity contribution in [3.63, 3.8) is 0 Å². The van der Waals surface area contributed by atoms with Gasteiger partial charge in [-0.05, 0) is 30.9 Å². The quantitative estimate of drug-likeness (QED) is 0.537. The fraction of sp³-hybridized carbons (Fsp3) is 0.400. The Bertz CT molecular complexity index is 533. The number of para-hydroxylation sites is 1. The van der Waals surface area contributed by atoms with Gasteiger partial charge in [-0.25, -0.2) is 4.39 Å². The Hall–Kier alpha value is -1.84. The van der Waals surface area contributed by atoms with E-state index in [2.05, 4.69) is 4.74 Å². The fourth-order valence-corrected chi connectivity index (χ4v) is 2.17. The summed E-state index contributed by atoms with van der Waals surface area (Å²) in [6.07, 6.45) is 6.52. The summed E-state index contributed by atoms with van der Waals surface area (Å²) >= 11 is 0. The van der Waals surface area contributed by atoms with Gasteiger partial charge in [0.25, 0.3) is 6.47 Å². The molecule has 1 aromatic carbocycles. The molecule has 1 heterocycles. The summed E-state index contributed by atoms with van der Waals surface area (Å²) in [5, 5.41) is 0.865. The number of ether oxygens (including phenoxy) is 1. The molecule has 1 aromatic heterocycles. The maximum atomic E-state index is 13.4. The van der Waals surface area contributed by atoms with Crippen molar-refractivity contribution in [2.24, 2.45) is 0 Å². The van der Waals surface area contributed by atoms with Crippen molar-refractivity contribution in [1.82, 2.24) is 0 Å². The number of aryl methyl sites for hydroxylation is 1. The van der Waals surface area contributed by atoms with Crippen LogP contribution in [0.1, 0.15) is 31.2 Å². The molecule has 0 unspecified atom stereocenters. The van der Waals surface area contributed by atoms with Crippen molar-refractivity contribution >= 4 is 17.4 Å². The third-order valence-electron chi connectivity index (χ3n) is 3.16. The minimum Gasteiger partial charge on any atom is -0.468 e. The number of carbonyl (C=O) groups excluding carboxylic acids is 1. The number of unbranched alkanes of at least 4 members (excludes halogenated alkanes) is 3. The number of hydrogen-bond acceptors (Lipinski definition) is 3. The molecule has 0 saturated carbocycles. The van der Waals surface area contributed by atoms with E-state index in [4.69, 9.17) is 4.42 Å². The van der Waals surface area contributed by atoms with Gasteiger partial charge in [0.2, 0.25) is 0 Å². The van der Waals surface area contributed by atoms with Gasteiger partial charge in [0, 0.05) is 5.39 Å². The predicted octanol–water partition coefficient (Wildman–Crippen LogP) is 3.85. The highest BCUT2D eigenvalue weighted by molar-refractivity contribution is 5.81. The van der Waals surface area contributed by atoms with Crippen molar-refractivity contribution in [3.8, 4) is 0 Å². The lowest BCUT2D eigenvalue weighted by atomic mass is 10.1. The van der Waals surface area contributed by atoms with E-state index in [1.54, 1.807) is 12.3 Å². The molecule has 0 aliphatic carbocycles. The normalized spacial score (nSPS) is 10.8. The lowest BCUT2D eigenvalue weighted by molar-refractivity contribution is -0.128.